The van der Waals surface area contributed by atoms with Gasteiger partial charge in [-0.1, -0.05) is 17.7 Å². The van der Waals surface area contributed by atoms with Crippen molar-refractivity contribution in [3.63, 3.8) is 0 Å². The Hall–Kier alpha value is -0.853. The molecule has 0 amide bonds. The Bertz CT molecular complexity index is 309. The lowest BCUT2D eigenvalue weighted by molar-refractivity contribution is 0.334. The molecule has 0 radical (unpaired) electrons. The summed E-state index contributed by atoms with van der Waals surface area (Å²) in [6.45, 7) is 8.59. The Balaban J connectivity index is 2.77. The Labute approximate surface area is 81.3 Å². The molecule has 0 aromatic rings. The molecule has 2 heteroatoms. The molecule has 0 saturated carbocycles. The molecule has 0 aromatic heterocycles. The molecule has 0 atom stereocenters. The van der Waals surface area contributed by atoms with E-state index in [2.05, 4.69) is 50.7 Å². The highest BCUT2D eigenvalue weighted by atomic mass is 28.4. The van der Waals surface area contributed by atoms with Gasteiger partial charge in [-0.15, -0.1) is 0 Å². The van der Waals surface area contributed by atoms with Crippen LogP contribution in [-0.4, -0.2) is 14.3 Å². The van der Waals surface area contributed by atoms with E-state index in [0.717, 1.165) is 12.0 Å². The highest BCUT2D eigenvalue weighted by Gasteiger charge is 2.29. The minimum Gasteiger partial charge on any atom is -0.323 e. The van der Waals surface area contributed by atoms with Gasteiger partial charge in [0.25, 0.3) is 0 Å². The molecule has 1 nitrogen and oxygen atoms in total. The molecule has 0 heterocycles. The quantitative estimate of drug-likeness (QED) is 0.344. The minimum atomic E-state index is -1.44. The zero-order valence-corrected chi connectivity index (χ0v) is 9.85. The molecular formula is C11H17OSi+. The molecule has 0 aliphatic heterocycles. The van der Waals surface area contributed by atoms with Gasteiger partial charge in [0.2, 0.25) is 0 Å². The molecule has 1 aliphatic carbocycles. The average Bonchev–Trinajstić information content (AvgIpc) is 2.02. The van der Waals surface area contributed by atoms with Crippen LogP contribution in [0.25, 0.3) is 0 Å². The molecule has 1 rings (SSSR count). The summed E-state index contributed by atoms with van der Waals surface area (Å²) < 4.78 is 5.58. The van der Waals surface area contributed by atoms with Crippen molar-refractivity contribution < 1.29 is 4.11 Å². The van der Waals surface area contributed by atoms with Crippen LogP contribution in [0.2, 0.25) is 19.6 Å². The van der Waals surface area contributed by atoms with Crippen molar-refractivity contribution in [3.05, 3.63) is 29.4 Å². The first-order chi connectivity index (χ1) is 5.97. The minimum absolute atomic E-state index is 0.951. The lowest BCUT2D eigenvalue weighted by atomic mass is 10.1. The summed E-state index contributed by atoms with van der Waals surface area (Å²) in [5.41, 5.74) is 2.46. The Morgan fingerprint density at radius 1 is 1.31 bits per heavy atom. The van der Waals surface area contributed by atoms with E-state index in [1.807, 2.05) is 0 Å². The molecule has 1 aliphatic rings. The molecule has 0 spiro atoms. The summed E-state index contributed by atoms with van der Waals surface area (Å²) in [6.07, 6.45) is 7.32. The third-order valence-corrected chi connectivity index (χ3v) is 2.39. The second-order valence-electron chi connectivity index (χ2n) is 4.33. The predicted molar refractivity (Wildman–Crippen MR) is 60.1 cm³/mol. The predicted octanol–water partition coefficient (Wildman–Crippen LogP) is 3.02. The van der Waals surface area contributed by atoms with Gasteiger partial charge in [0.1, 0.15) is 0 Å². The second kappa shape index (κ2) is 3.90. The summed E-state index contributed by atoms with van der Waals surface area (Å²) in [5, 5.41) is 0. The van der Waals surface area contributed by atoms with Crippen LogP contribution < -0.4 is 0 Å². The lowest BCUT2D eigenvalue weighted by Gasteiger charge is -1.98. The summed E-state index contributed by atoms with van der Waals surface area (Å²) in [4.78, 5) is 0. The van der Waals surface area contributed by atoms with Crippen LogP contribution in [0, 0.1) is 0 Å². The molecule has 0 fully saturated rings. The van der Waals surface area contributed by atoms with E-state index in [-0.39, 0.29) is 0 Å². The molecule has 0 unspecified atom stereocenters. The van der Waals surface area contributed by atoms with E-state index in [4.69, 9.17) is 4.11 Å². The number of rotatable bonds is 1. The normalized spacial score (nSPS) is 16.6. The highest BCUT2D eigenvalue weighted by Crippen LogP contribution is 2.12. The van der Waals surface area contributed by atoms with Gasteiger partial charge in [0.15, 0.2) is 0 Å². The first-order valence-corrected chi connectivity index (χ1v) is 8.03. The highest BCUT2D eigenvalue weighted by molar-refractivity contribution is 6.68. The van der Waals surface area contributed by atoms with Gasteiger partial charge in [0.05, 0.1) is 5.57 Å². The monoisotopic (exact) mass is 193 g/mol. The van der Waals surface area contributed by atoms with Crippen molar-refractivity contribution in [2.75, 3.05) is 0 Å². The van der Waals surface area contributed by atoms with Crippen molar-refractivity contribution in [3.8, 4) is 0 Å². The van der Waals surface area contributed by atoms with Crippen LogP contribution in [-0.2, 0) is 4.11 Å². The largest absolute Gasteiger partial charge is 0.524 e. The fraction of sp³-hybridized carbons (Fsp3) is 0.455. The van der Waals surface area contributed by atoms with E-state index >= 15 is 0 Å². The van der Waals surface area contributed by atoms with Gasteiger partial charge in [-0.2, -0.15) is 0 Å². The number of carbonyl (C=O) groups excluding carboxylic acids is 1. The van der Waals surface area contributed by atoms with Crippen LogP contribution in [0.4, 0.5) is 0 Å². The summed E-state index contributed by atoms with van der Waals surface area (Å²) in [7, 11) is -1.44. The second-order valence-corrected chi connectivity index (χ2v) is 8.76. The number of hydrogen-bond acceptors (Lipinski definition) is 0. The molecule has 0 aromatic carbocycles. The average molecular weight is 193 g/mol. The smallest absolute Gasteiger partial charge is 0.323 e. The third kappa shape index (κ3) is 4.06. The fourth-order valence-electron chi connectivity index (χ4n) is 0.933. The maximum Gasteiger partial charge on any atom is 0.524 e. The zero-order chi connectivity index (χ0) is 9.90. The molecule has 0 bridgehead atoms. The molecule has 0 N–H and O–H groups in total. The van der Waals surface area contributed by atoms with Crippen molar-refractivity contribution in [1.29, 1.82) is 0 Å². The van der Waals surface area contributed by atoms with Gasteiger partial charge >= 0.3 is 14.3 Å². The third-order valence-electron chi connectivity index (χ3n) is 1.68. The summed E-state index contributed by atoms with van der Waals surface area (Å²) >= 11 is 0. The van der Waals surface area contributed by atoms with Crippen molar-refractivity contribution in [2.24, 2.45) is 0 Å². The van der Waals surface area contributed by atoms with Crippen molar-refractivity contribution >= 4 is 14.3 Å². The first kappa shape index (κ1) is 10.2. The van der Waals surface area contributed by atoms with Crippen LogP contribution >= 0.6 is 0 Å². The standard InChI is InChI=1S/C11H17OSi/c1-10-5-7-11(8-6-10)9-12-13(2,3)4/h5-7H,8H2,1-4H3/q+1. The van der Waals surface area contributed by atoms with Crippen molar-refractivity contribution in [1.82, 2.24) is 0 Å². The molecule has 0 saturated heterocycles. The van der Waals surface area contributed by atoms with Crippen LogP contribution in [0.1, 0.15) is 13.3 Å². The van der Waals surface area contributed by atoms with Gasteiger partial charge < -0.3 is 4.11 Å². The first-order valence-electron chi connectivity index (χ1n) is 4.62. The Morgan fingerprint density at radius 2 is 2.00 bits per heavy atom. The maximum atomic E-state index is 5.58. The van der Waals surface area contributed by atoms with Crippen LogP contribution in [0.15, 0.2) is 29.4 Å². The van der Waals surface area contributed by atoms with E-state index < -0.39 is 8.32 Å². The zero-order valence-electron chi connectivity index (χ0n) is 8.85. The molecular weight excluding hydrogens is 176 g/mol. The summed E-state index contributed by atoms with van der Waals surface area (Å²) in [5.74, 6) is 3.03. The molecule has 13 heavy (non-hydrogen) atoms. The van der Waals surface area contributed by atoms with Crippen LogP contribution in [0.5, 0.6) is 0 Å². The van der Waals surface area contributed by atoms with E-state index in [9.17, 15) is 0 Å². The van der Waals surface area contributed by atoms with Gasteiger partial charge in [0, 0.05) is 26.1 Å². The SMILES string of the molecule is CC1=CCC(=C=[O+][Si](C)(C)C)C=C1. The van der Waals surface area contributed by atoms with E-state index in [0.29, 0.717) is 0 Å². The van der Waals surface area contributed by atoms with Gasteiger partial charge in [-0.05, 0) is 13.0 Å². The maximum absolute atomic E-state index is 5.58. The van der Waals surface area contributed by atoms with Gasteiger partial charge in [-0.25, -0.2) is 0 Å². The number of hydrogen-bond donors (Lipinski definition) is 0. The molecule has 70 valence electrons. The lowest BCUT2D eigenvalue weighted by Crippen LogP contribution is -2.20. The summed E-state index contributed by atoms with van der Waals surface area (Å²) in [6, 6.07) is 0. The van der Waals surface area contributed by atoms with Crippen molar-refractivity contribution in [2.45, 2.75) is 33.0 Å². The number of allylic oxidation sites excluding steroid dienone is 5. The van der Waals surface area contributed by atoms with Crippen LogP contribution in [0.3, 0.4) is 0 Å². The Morgan fingerprint density at radius 3 is 2.46 bits per heavy atom. The van der Waals surface area contributed by atoms with E-state index in [1.165, 1.54) is 5.57 Å². The Kier molecular flexibility index (Phi) is 3.07. The van der Waals surface area contributed by atoms with Gasteiger partial charge in [-0.3, -0.25) is 0 Å². The van der Waals surface area contributed by atoms with E-state index in [1.54, 1.807) is 0 Å². The topological polar surface area (TPSA) is 11.3 Å². The fourth-order valence-corrected chi connectivity index (χ4v) is 1.37.